The molecule has 2 aromatic rings. The number of anilines is 1. The molecule has 2 aliphatic heterocycles. The minimum Gasteiger partial charge on any atom is -0.496 e. The summed E-state index contributed by atoms with van der Waals surface area (Å²) >= 11 is 0. The first-order valence-electron chi connectivity index (χ1n) is 10.2. The molecular weight excluding hydrogens is 348 g/mol. The van der Waals surface area contributed by atoms with E-state index in [0.717, 1.165) is 24.2 Å². The lowest BCUT2D eigenvalue weighted by Crippen LogP contribution is -2.31. The largest absolute Gasteiger partial charge is 0.496 e. The van der Waals surface area contributed by atoms with E-state index >= 15 is 0 Å². The fraction of sp³-hybridized carbons (Fsp3) is 0.458. The highest BCUT2D eigenvalue weighted by Gasteiger charge is 2.32. The Morgan fingerprint density at radius 1 is 1.18 bits per heavy atom. The molecule has 1 unspecified atom stereocenters. The highest BCUT2D eigenvalue weighted by molar-refractivity contribution is 6.06. The molecule has 1 N–H and O–H groups in total. The Morgan fingerprint density at radius 3 is 2.75 bits per heavy atom. The molecule has 1 amide bonds. The lowest BCUT2D eigenvalue weighted by molar-refractivity contribution is 0.102. The Morgan fingerprint density at radius 2 is 2.00 bits per heavy atom. The fourth-order valence-electron chi connectivity index (χ4n) is 4.55. The first-order valence-corrected chi connectivity index (χ1v) is 10.2. The van der Waals surface area contributed by atoms with Gasteiger partial charge in [-0.1, -0.05) is 39.0 Å². The predicted molar refractivity (Wildman–Crippen MR) is 113 cm³/mol. The molecule has 2 heterocycles. The van der Waals surface area contributed by atoms with E-state index in [1.807, 2.05) is 24.3 Å². The molecule has 0 aliphatic carbocycles. The monoisotopic (exact) mass is 378 g/mol. The van der Waals surface area contributed by atoms with Crippen LogP contribution in [-0.4, -0.2) is 31.0 Å². The van der Waals surface area contributed by atoms with Crippen molar-refractivity contribution in [2.75, 3.05) is 25.5 Å². The Balaban J connectivity index is 1.62. The summed E-state index contributed by atoms with van der Waals surface area (Å²) in [5.74, 6) is 0.510. The summed E-state index contributed by atoms with van der Waals surface area (Å²) in [5, 5.41) is 3.16. The van der Waals surface area contributed by atoms with Crippen molar-refractivity contribution in [2.24, 2.45) is 0 Å². The molecule has 2 aromatic carbocycles. The van der Waals surface area contributed by atoms with E-state index in [1.54, 1.807) is 7.11 Å². The molecule has 28 heavy (non-hydrogen) atoms. The van der Waals surface area contributed by atoms with Crippen molar-refractivity contribution in [3.63, 3.8) is 0 Å². The third kappa shape index (κ3) is 3.42. The zero-order chi connectivity index (χ0) is 19.9. The number of carbonyl (C=O) groups is 1. The van der Waals surface area contributed by atoms with Gasteiger partial charge in [0.25, 0.3) is 5.91 Å². The zero-order valence-electron chi connectivity index (χ0n) is 17.3. The smallest absolute Gasteiger partial charge is 0.259 e. The van der Waals surface area contributed by atoms with Crippen LogP contribution >= 0.6 is 0 Å². The van der Waals surface area contributed by atoms with E-state index in [4.69, 9.17) is 4.74 Å². The molecule has 0 aromatic heterocycles. The molecule has 1 atom stereocenters. The molecule has 1 saturated heterocycles. The number of nitrogens with one attached hydrogen (secondary N) is 1. The van der Waals surface area contributed by atoms with Crippen LogP contribution < -0.4 is 10.1 Å². The zero-order valence-corrected chi connectivity index (χ0v) is 17.3. The summed E-state index contributed by atoms with van der Waals surface area (Å²) in [6.07, 6.45) is 3.47. The lowest BCUT2D eigenvalue weighted by atomic mass is 9.86. The van der Waals surface area contributed by atoms with Gasteiger partial charge in [-0.15, -0.1) is 0 Å². The van der Waals surface area contributed by atoms with Gasteiger partial charge in [-0.3, -0.25) is 9.69 Å². The van der Waals surface area contributed by atoms with E-state index in [1.165, 1.54) is 30.5 Å². The van der Waals surface area contributed by atoms with Crippen LogP contribution in [0.15, 0.2) is 36.4 Å². The predicted octanol–water partition coefficient (Wildman–Crippen LogP) is 4.94. The van der Waals surface area contributed by atoms with Gasteiger partial charge in [0, 0.05) is 18.3 Å². The van der Waals surface area contributed by atoms with Gasteiger partial charge in [0.2, 0.25) is 0 Å². The van der Waals surface area contributed by atoms with Crippen LogP contribution in [-0.2, 0) is 11.8 Å². The van der Waals surface area contributed by atoms with Crippen molar-refractivity contribution < 1.29 is 9.53 Å². The molecule has 0 radical (unpaired) electrons. The maximum Gasteiger partial charge on any atom is 0.259 e. The highest BCUT2D eigenvalue weighted by Crippen LogP contribution is 2.40. The van der Waals surface area contributed by atoms with Gasteiger partial charge < -0.3 is 10.1 Å². The van der Waals surface area contributed by atoms with E-state index in [2.05, 4.69) is 43.1 Å². The molecule has 4 heteroatoms. The second kappa shape index (κ2) is 7.25. The number of amides is 1. The molecule has 1 fully saturated rings. The van der Waals surface area contributed by atoms with E-state index < -0.39 is 0 Å². The summed E-state index contributed by atoms with van der Waals surface area (Å²) in [4.78, 5) is 15.6. The quantitative estimate of drug-likeness (QED) is 0.823. The van der Waals surface area contributed by atoms with Gasteiger partial charge in [0.15, 0.2) is 0 Å². The number of ether oxygens (including phenoxy) is 1. The van der Waals surface area contributed by atoms with Gasteiger partial charge in [-0.25, -0.2) is 0 Å². The summed E-state index contributed by atoms with van der Waals surface area (Å²) in [6, 6.07) is 12.7. The van der Waals surface area contributed by atoms with Gasteiger partial charge in [-0.2, -0.15) is 0 Å². The number of fused-ring (bicyclic) bond motifs is 3. The molecule has 148 valence electrons. The van der Waals surface area contributed by atoms with Gasteiger partial charge in [0.05, 0.1) is 12.7 Å². The summed E-state index contributed by atoms with van der Waals surface area (Å²) in [5.41, 5.74) is 5.36. The summed E-state index contributed by atoms with van der Waals surface area (Å²) in [6.45, 7) is 8.74. The summed E-state index contributed by atoms with van der Waals surface area (Å²) in [7, 11) is 1.62. The first-order chi connectivity index (χ1) is 13.4. The average Bonchev–Trinajstić information content (AvgIpc) is 3.16. The van der Waals surface area contributed by atoms with E-state index in [0.29, 0.717) is 17.4 Å². The van der Waals surface area contributed by atoms with Crippen LogP contribution in [0.5, 0.6) is 5.75 Å². The molecule has 0 spiro atoms. The third-order valence-corrected chi connectivity index (χ3v) is 6.14. The summed E-state index contributed by atoms with van der Waals surface area (Å²) < 4.78 is 5.54. The first kappa shape index (κ1) is 19.0. The number of methoxy groups -OCH3 is 1. The molecular formula is C24H30N2O2. The van der Waals surface area contributed by atoms with Crippen LogP contribution in [0.25, 0.3) is 0 Å². The van der Waals surface area contributed by atoms with Crippen LogP contribution in [0.4, 0.5) is 5.69 Å². The maximum absolute atomic E-state index is 13.1. The normalized spacial score (nSPS) is 19.1. The lowest BCUT2D eigenvalue weighted by Gasteiger charge is -2.33. The molecule has 0 saturated carbocycles. The van der Waals surface area contributed by atoms with Crippen molar-refractivity contribution in [3.05, 3.63) is 58.7 Å². The van der Waals surface area contributed by atoms with Crippen molar-refractivity contribution in [1.29, 1.82) is 0 Å². The second-order valence-electron chi connectivity index (χ2n) is 8.94. The van der Waals surface area contributed by atoms with Crippen LogP contribution in [0.2, 0.25) is 0 Å². The van der Waals surface area contributed by atoms with Gasteiger partial charge >= 0.3 is 0 Å². The van der Waals surface area contributed by atoms with Crippen LogP contribution in [0.3, 0.4) is 0 Å². The SMILES string of the molecule is COc1cc(C(C)(C)C)ccc1C(=O)Nc1cccc2c1CCN1CCCC21. The number of hydrogen-bond donors (Lipinski definition) is 1. The number of hydrogen-bond acceptors (Lipinski definition) is 3. The minimum atomic E-state index is -0.112. The van der Waals surface area contributed by atoms with E-state index in [-0.39, 0.29) is 11.3 Å². The Hall–Kier alpha value is -2.33. The van der Waals surface area contributed by atoms with Gasteiger partial charge in [-0.05, 0) is 66.1 Å². The average molecular weight is 379 g/mol. The Bertz CT molecular complexity index is 898. The number of benzene rings is 2. The van der Waals surface area contributed by atoms with Crippen molar-refractivity contribution in [3.8, 4) is 5.75 Å². The van der Waals surface area contributed by atoms with E-state index in [9.17, 15) is 4.79 Å². The number of rotatable bonds is 3. The number of carbonyl (C=O) groups excluding carboxylic acids is 1. The highest BCUT2D eigenvalue weighted by atomic mass is 16.5. The van der Waals surface area contributed by atoms with Gasteiger partial charge in [0.1, 0.15) is 5.75 Å². The molecule has 4 rings (SSSR count). The van der Waals surface area contributed by atoms with Crippen molar-refractivity contribution in [1.82, 2.24) is 4.90 Å². The topological polar surface area (TPSA) is 41.6 Å². The minimum absolute atomic E-state index is 0.00788. The van der Waals surface area contributed by atoms with Crippen LogP contribution in [0, 0.1) is 0 Å². The standard InChI is InChI=1S/C24H30N2O2/c1-24(2,3)16-10-11-19(22(15-16)28-4)23(27)25-20-8-5-7-18-17(20)12-14-26-13-6-9-21(18)26/h5,7-8,10-11,15,21H,6,9,12-14H2,1-4H3,(H,25,27). The van der Waals surface area contributed by atoms with Crippen molar-refractivity contribution in [2.45, 2.75) is 51.5 Å². The fourth-order valence-corrected chi connectivity index (χ4v) is 4.55. The third-order valence-electron chi connectivity index (χ3n) is 6.14. The molecule has 2 aliphatic rings. The second-order valence-corrected chi connectivity index (χ2v) is 8.94. The van der Waals surface area contributed by atoms with Crippen molar-refractivity contribution >= 4 is 11.6 Å². The molecule has 0 bridgehead atoms. The molecule has 4 nitrogen and oxygen atoms in total. The van der Waals surface area contributed by atoms with Crippen LogP contribution in [0.1, 0.15) is 66.7 Å². The Labute approximate surface area is 167 Å². The number of nitrogens with zero attached hydrogens (tertiary/aromatic N) is 1. The maximum atomic E-state index is 13.1. The Kier molecular flexibility index (Phi) is 4.92.